The van der Waals surface area contributed by atoms with Crippen molar-refractivity contribution in [2.75, 3.05) is 19.3 Å². The molecule has 9 nitrogen and oxygen atoms in total. The first kappa shape index (κ1) is 27.8. The Labute approximate surface area is 229 Å². The van der Waals surface area contributed by atoms with E-state index < -0.39 is 15.8 Å². The Balaban J connectivity index is 1.39. The van der Waals surface area contributed by atoms with Gasteiger partial charge in [-0.2, -0.15) is 0 Å². The number of nitrogens with one attached hydrogen (secondary N) is 2. The van der Waals surface area contributed by atoms with Gasteiger partial charge in [0, 0.05) is 13.1 Å². The molecule has 212 valence electrons. The van der Waals surface area contributed by atoms with E-state index in [-0.39, 0.29) is 29.3 Å². The number of H-pyrrole nitrogens is 1. The number of piperidine rings is 1. The van der Waals surface area contributed by atoms with E-state index in [4.69, 9.17) is 4.52 Å². The predicted molar refractivity (Wildman–Crippen MR) is 146 cm³/mol. The van der Waals surface area contributed by atoms with E-state index >= 15 is 4.39 Å². The van der Waals surface area contributed by atoms with E-state index in [1.807, 2.05) is 6.07 Å². The lowest BCUT2D eigenvalue weighted by atomic mass is 9.85. The van der Waals surface area contributed by atoms with Gasteiger partial charge in [-0.05, 0) is 68.6 Å². The quantitative estimate of drug-likeness (QED) is 0.418. The molecule has 1 amide bonds. The maximum Gasteiger partial charge on any atom is 0.257 e. The molecule has 2 aromatic heterocycles. The number of benzene rings is 1. The minimum Gasteiger partial charge on any atom is -0.364 e. The van der Waals surface area contributed by atoms with Crippen molar-refractivity contribution < 1.29 is 22.1 Å². The minimum atomic E-state index is -3.18. The van der Waals surface area contributed by atoms with Gasteiger partial charge in [-0.3, -0.25) is 4.79 Å². The number of hydrogen-bond donors (Lipinski definition) is 2. The largest absolute Gasteiger partial charge is 0.364 e. The number of hydrogen-bond acceptors (Lipinski definition) is 6. The fourth-order valence-electron chi connectivity index (χ4n) is 6.15. The highest BCUT2D eigenvalue weighted by Gasteiger charge is 2.30. The van der Waals surface area contributed by atoms with Crippen molar-refractivity contribution in [2.24, 2.45) is 11.8 Å². The number of halogens is 1. The van der Waals surface area contributed by atoms with Crippen LogP contribution in [-0.4, -0.2) is 53.1 Å². The summed E-state index contributed by atoms with van der Waals surface area (Å²) < 4.78 is 45.5. The Morgan fingerprint density at radius 3 is 2.49 bits per heavy atom. The zero-order valence-corrected chi connectivity index (χ0v) is 23.5. The van der Waals surface area contributed by atoms with Crippen LogP contribution in [0.4, 0.5) is 4.39 Å². The molecule has 3 aromatic rings. The minimum absolute atomic E-state index is 0.178. The number of imidazole rings is 1. The number of sulfonamides is 1. The third-order valence-electron chi connectivity index (χ3n) is 8.38. The Morgan fingerprint density at radius 1 is 1.15 bits per heavy atom. The summed E-state index contributed by atoms with van der Waals surface area (Å²) in [6.07, 6.45) is 12.4. The number of fused-ring (bicyclic) bond motifs is 1. The zero-order chi connectivity index (χ0) is 27.6. The lowest BCUT2D eigenvalue weighted by molar-refractivity contribution is 0.0911. The molecule has 2 fully saturated rings. The number of carbonyl (C=O) groups excluding carboxylic acids is 1. The van der Waals surface area contributed by atoms with Crippen molar-refractivity contribution >= 4 is 27.0 Å². The smallest absolute Gasteiger partial charge is 0.257 e. The van der Waals surface area contributed by atoms with Crippen LogP contribution < -0.4 is 5.32 Å². The van der Waals surface area contributed by atoms with Gasteiger partial charge in [-0.25, -0.2) is 22.1 Å². The first-order valence-corrected chi connectivity index (χ1v) is 15.9. The molecule has 1 saturated heterocycles. The van der Waals surface area contributed by atoms with Crippen LogP contribution in [0.25, 0.3) is 11.0 Å². The van der Waals surface area contributed by atoms with Crippen LogP contribution in [0.3, 0.4) is 0 Å². The van der Waals surface area contributed by atoms with Crippen molar-refractivity contribution in [3.05, 3.63) is 46.9 Å². The molecule has 0 spiro atoms. The predicted octanol–water partition coefficient (Wildman–Crippen LogP) is 5.04. The van der Waals surface area contributed by atoms with Crippen molar-refractivity contribution in [1.29, 1.82) is 0 Å². The molecule has 1 atom stereocenters. The molecular formula is C28H38FN5O4S. The standard InChI is InChI=1S/C28H38FN5O4S/c1-18-22(17-38-33-18)28(35)32-25(21-8-6-4-3-5-7-9-21)27-30-24-16-20(15-23(29)26(24)31-27)14-19-10-12-34(13-11-19)39(2,36)37/h15-17,19,21,25H,3-14H2,1-2H3,(H,30,31)(H,32,35). The molecule has 39 heavy (non-hydrogen) atoms. The van der Waals surface area contributed by atoms with E-state index in [2.05, 4.69) is 20.4 Å². The molecule has 1 aromatic carbocycles. The number of aromatic nitrogens is 3. The lowest BCUT2D eigenvalue weighted by Gasteiger charge is -2.30. The fraction of sp³-hybridized carbons (Fsp3) is 0.607. The number of amides is 1. The fourth-order valence-corrected chi connectivity index (χ4v) is 7.03. The van der Waals surface area contributed by atoms with Gasteiger partial charge in [0.25, 0.3) is 5.91 Å². The van der Waals surface area contributed by atoms with Crippen LogP contribution in [0.1, 0.15) is 91.3 Å². The average Bonchev–Trinajstić information content (AvgIpc) is 3.49. The Kier molecular flexibility index (Phi) is 8.37. The average molecular weight is 560 g/mol. The Bertz CT molecular complexity index is 1400. The number of nitrogens with zero attached hydrogens (tertiary/aromatic N) is 3. The molecule has 1 aliphatic heterocycles. The summed E-state index contributed by atoms with van der Waals surface area (Å²) in [4.78, 5) is 21.2. The molecule has 1 aliphatic carbocycles. The molecule has 11 heteroatoms. The Morgan fingerprint density at radius 2 is 1.85 bits per heavy atom. The first-order chi connectivity index (χ1) is 18.7. The number of aromatic amines is 1. The van der Waals surface area contributed by atoms with Gasteiger partial charge in [0.2, 0.25) is 10.0 Å². The highest BCUT2D eigenvalue weighted by molar-refractivity contribution is 7.88. The molecular weight excluding hydrogens is 521 g/mol. The van der Waals surface area contributed by atoms with Crippen LogP contribution in [0.5, 0.6) is 0 Å². The maximum atomic E-state index is 15.3. The van der Waals surface area contributed by atoms with E-state index in [0.717, 1.165) is 44.1 Å². The van der Waals surface area contributed by atoms with Crippen molar-refractivity contribution in [3.8, 4) is 0 Å². The van der Waals surface area contributed by atoms with E-state index in [9.17, 15) is 13.2 Å². The summed E-state index contributed by atoms with van der Waals surface area (Å²) in [5.41, 5.74) is 2.65. The lowest BCUT2D eigenvalue weighted by Crippen LogP contribution is -2.38. The van der Waals surface area contributed by atoms with Gasteiger partial charge in [0.1, 0.15) is 23.2 Å². The molecule has 2 N–H and O–H groups in total. The Hall–Kier alpha value is -2.79. The van der Waals surface area contributed by atoms with Gasteiger partial charge in [0.15, 0.2) is 5.82 Å². The van der Waals surface area contributed by atoms with Crippen LogP contribution in [-0.2, 0) is 16.4 Å². The number of carbonyl (C=O) groups is 1. The molecule has 1 saturated carbocycles. The second kappa shape index (κ2) is 11.8. The summed E-state index contributed by atoms with van der Waals surface area (Å²) in [6.45, 7) is 2.72. The van der Waals surface area contributed by atoms with Gasteiger partial charge in [0.05, 0.1) is 23.5 Å². The van der Waals surface area contributed by atoms with Crippen LogP contribution in [0, 0.1) is 24.6 Å². The van der Waals surface area contributed by atoms with Crippen molar-refractivity contribution in [2.45, 2.75) is 77.2 Å². The second-order valence-corrected chi connectivity index (χ2v) is 13.3. The molecule has 1 unspecified atom stereocenters. The van der Waals surface area contributed by atoms with Gasteiger partial charge < -0.3 is 14.8 Å². The number of rotatable bonds is 7. The molecule has 5 rings (SSSR count). The summed E-state index contributed by atoms with van der Waals surface area (Å²) in [6, 6.07) is 3.10. The topological polar surface area (TPSA) is 121 Å². The first-order valence-electron chi connectivity index (χ1n) is 14.0. The van der Waals surface area contributed by atoms with E-state index in [1.54, 1.807) is 13.0 Å². The summed E-state index contributed by atoms with van der Waals surface area (Å²) in [7, 11) is -3.18. The summed E-state index contributed by atoms with van der Waals surface area (Å²) in [5.74, 6) is 0.364. The SMILES string of the molecule is Cc1nocc1C(=O)NC(c1nc2c(F)cc(CC3CCN(S(C)(=O)=O)CC3)cc2[nH]1)C1CCCCCCC1. The molecule has 0 radical (unpaired) electrons. The zero-order valence-electron chi connectivity index (χ0n) is 22.7. The maximum absolute atomic E-state index is 15.3. The second-order valence-electron chi connectivity index (χ2n) is 11.3. The van der Waals surface area contributed by atoms with E-state index in [0.29, 0.717) is 42.1 Å². The third kappa shape index (κ3) is 6.51. The molecule has 0 bridgehead atoms. The normalized spacial score (nSPS) is 19.6. The highest BCUT2D eigenvalue weighted by Crippen LogP contribution is 2.34. The third-order valence-corrected chi connectivity index (χ3v) is 9.69. The van der Waals surface area contributed by atoms with Crippen molar-refractivity contribution in [3.63, 3.8) is 0 Å². The highest BCUT2D eigenvalue weighted by atomic mass is 32.2. The van der Waals surface area contributed by atoms with E-state index in [1.165, 1.54) is 36.1 Å². The summed E-state index contributed by atoms with van der Waals surface area (Å²) in [5, 5.41) is 7.00. The van der Waals surface area contributed by atoms with Gasteiger partial charge >= 0.3 is 0 Å². The molecule has 2 aliphatic rings. The molecule has 3 heterocycles. The van der Waals surface area contributed by atoms with Crippen LogP contribution >= 0.6 is 0 Å². The van der Waals surface area contributed by atoms with Gasteiger partial charge in [-0.1, -0.05) is 37.3 Å². The summed E-state index contributed by atoms with van der Waals surface area (Å²) >= 11 is 0. The number of aryl methyl sites for hydroxylation is 1. The van der Waals surface area contributed by atoms with Crippen molar-refractivity contribution in [1.82, 2.24) is 24.7 Å². The van der Waals surface area contributed by atoms with Crippen LogP contribution in [0.2, 0.25) is 0 Å². The van der Waals surface area contributed by atoms with Gasteiger partial charge in [-0.15, -0.1) is 0 Å². The monoisotopic (exact) mass is 559 g/mol. The van der Waals surface area contributed by atoms with Crippen LogP contribution in [0.15, 0.2) is 22.9 Å².